The Morgan fingerprint density at radius 2 is 2.11 bits per heavy atom. The summed E-state index contributed by atoms with van der Waals surface area (Å²) >= 11 is 0. The summed E-state index contributed by atoms with van der Waals surface area (Å²) in [5.41, 5.74) is 0.981. The van der Waals surface area contributed by atoms with Gasteiger partial charge < -0.3 is 9.64 Å². The van der Waals surface area contributed by atoms with E-state index in [0.717, 1.165) is 18.4 Å². The number of carbonyl (C=O) groups excluding carboxylic acids is 2. The van der Waals surface area contributed by atoms with Crippen LogP contribution in [0.15, 0.2) is 30.3 Å². The van der Waals surface area contributed by atoms with Crippen molar-refractivity contribution in [1.82, 2.24) is 4.90 Å². The predicted octanol–water partition coefficient (Wildman–Crippen LogP) is 2.38. The number of hydrogen-bond donors (Lipinski definition) is 0. The molecule has 100 valence electrons. The van der Waals surface area contributed by atoms with Crippen LogP contribution in [0.25, 0.3) is 0 Å². The van der Waals surface area contributed by atoms with Gasteiger partial charge in [0.05, 0.1) is 6.04 Å². The molecule has 3 rings (SSSR count). The molecule has 0 unspecified atom stereocenters. The number of fused-ring (bicyclic) bond motifs is 1. The highest BCUT2D eigenvalue weighted by atomic mass is 16.6. The highest BCUT2D eigenvalue weighted by Crippen LogP contribution is 2.36. The van der Waals surface area contributed by atoms with Crippen LogP contribution < -0.4 is 0 Å². The van der Waals surface area contributed by atoms with Crippen LogP contribution in [0.3, 0.4) is 0 Å². The molecule has 2 aliphatic rings. The Morgan fingerprint density at radius 3 is 2.84 bits per heavy atom. The maximum absolute atomic E-state index is 12.1. The maximum atomic E-state index is 12.1. The first kappa shape index (κ1) is 12.2. The summed E-state index contributed by atoms with van der Waals surface area (Å²) in [6, 6.07) is 9.72. The van der Waals surface area contributed by atoms with E-state index < -0.39 is 0 Å². The second-order valence-electron chi connectivity index (χ2n) is 5.22. The molecule has 2 fully saturated rings. The Kier molecular flexibility index (Phi) is 3.23. The lowest BCUT2D eigenvalue weighted by Crippen LogP contribution is -2.58. The Morgan fingerprint density at radius 1 is 1.32 bits per heavy atom. The van der Waals surface area contributed by atoms with Crippen molar-refractivity contribution in [2.75, 3.05) is 6.54 Å². The van der Waals surface area contributed by atoms with Gasteiger partial charge in [0.15, 0.2) is 0 Å². The van der Waals surface area contributed by atoms with Crippen molar-refractivity contribution in [3.05, 3.63) is 35.9 Å². The van der Waals surface area contributed by atoms with Gasteiger partial charge in [0.25, 0.3) is 0 Å². The molecule has 19 heavy (non-hydrogen) atoms. The first-order valence-corrected chi connectivity index (χ1v) is 6.76. The summed E-state index contributed by atoms with van der Waals surface area (Å²) < 4.78 is 5.33. The van der Waals surface area contributed by atoms with Crippen LogP contribution in [-0.2, 0) is 16.1 Å². The molecule has 1 saturated carbocycles. The van der Waals surface area contributed by atoms with E-state index in [1.807, 2.05) is 30.3 Å². The highest BCUT2D eigenvalue weighted by molar-refractivity contribution is 5.90. The zero-order valence-corrected chi connectivity index (χ0v) is 10.7. The number of piperidine rings is 1. The molecular formula is C15H17NO3. The fourth-order valence-electron chi connectivity index (χ4n) is 2.91. The molecule has 4 heteroatoms. The topological polar surface area (TPSA) is 46.6 Å². The van der Waals surface area contributed by atoms with E-state index in [2.05, 4.69) is 0 Å². The zero-order valence-electron chi connectivity index (χ0n) is 10.7. The normalized spacial score (nSPS) is 25.5. The molecule has 1 aliphatic carbocycles. The van der Waals surface area contributed by atoms with Gasteiger partial charge in [0, 0.05) is 18.9 Å². The molecule has 0 radical (unpaired) electrons. The number of carbonyl (C=O) groups is 2. The monoisotopic (exact) mass is 259 g/mol. The molecule has 0 spiro atoms. The van der Waals surface area contributed by atoms with Gasteiger partial charge in [-0.05, 0) is 18.4 Å². The number of Topliss-reactive ketones (excluding diaryl/α,β-unsaturated/α-hetero) is 1. The van der Waals surface area contributed by atoms with Gasteiger partial charge in [-0.1, -0.05) is 30.3 Å². The molecule has 2 atom stereocenters. The molecule has 0 aromatic heterocycles. The summed E-state index contributed by atoms with van der Waals surface area (Å²) in [5, 5.41) is 0. The van der Waals surface area contributed by atoms with E-state index in [4.69, 9.17) is 4.74 Å². The number of ketones is 1. The van der Waals surface area contributed by atoms with Crippen LogP contribution >= 0.6 is 0 Å². The summed E-state index contributed by atoms with van der Waals surface area (Å²) in [6.07, 6.45) is 2.04. The molecule has 0 N–H and O–H groups in total. The first-order valence-electron chi connectivity index (χ1n) is 6.76. The Hall–Kier alpha value is -1.84. The van der Waals surface area contributed by atoms with Crippen molar-refractivity contribution in [3.63, 3.8) is 0 Å². The van der Waals surface area contributed by atoms with Gasteiger partial charge in [-0.25, -0.2) is 4.79 Å². The summed E-state index contributed by atoms with van der Waals surface area (Å²) in [5.74, 6) is 0.364. The van der Waals surface area contributed by atoms with Gasteiger partial charge in [0.2, 0.25) is 0 Å². The van der Waals surface area contributed by atoms with Gasteiger partial charge in [-0.2, -0.15) is 0 Å². The Labute approximate surface area is 112 Å². The first-order chi connectivity index (χ1) is 9.25. The number of rotatable bonds is 2. The summed E-state index contributed by atoms with van der Waals surface area (Å²) in [7, 11) is 0. The highest BCUT2D eigenvalue weighted by Gasteiger charge is 2.47. The molecule has 1 saturated heterocycles. The largest absolute Gasteiger partial charge is 0.445 e. The number of benzene rings is 1. The van der Waals surface area contributed by atoms with E-state index in [-0.39, 0.29) is 18.1 Å². The lowest BCUT2D eigenvalue weighted by molar-refractivity contribution is -0.137. The minimum atomic E-state index is -0.286. The van der Waals surface area contributed by atoms with Gasteiger partial charge >= 0.3 is 6.09 Å². The third-order valence-electron chi connectivity index (χ3n) is 4.04. The van der Waals surface area contributed by atoms with Gasteiger partial charge in [-0.15, -0.1) is 0 Å². The van der Waals surface area contributed by atoms with Crippen LogP contribution in [0.1, 0.15) is 24.8 Å². The zero-order chi connectivity index (χ0) is 13.2. The van der Waals surface area contributed by atoms with Crippen LogP contribution in [0.4, 0.5) is 4.79 Å². The van der Waals surface area contributed by atoms with Crippen molar-refractivity contribution in [2.24, 2.45) is 5.92 Å². The van der Waals surface area contributed by atoms with Crippen molar-refractivity contribution in [2.45, 2.75) is 31.9 Å². The van der Waals surface area contributed by atoms with E-state index in [1.54, 1.807) is 4.90 Å². The lowest BCUT2D eigenvalue weighted by atomic mass is 9.72. The van der Waals surface area contributed by atoms with Gasteiger partial charge in [-0.3, -0.25) is 4.79 Å². The van der Waals surface area contributed by atoms with Crippen LogP contribution in [0.5, 0.6) is 0 Å². The van der Waals surface area contributed by atoms with Gasteiger partial charge in [0.1, 0.15) is 12.4 Å². The summed E-state index contributed by atoms with van der Waals surface area (Å²) in [6.45, 7) is 1.00. The van der Waals surface area contributed by atoms with Crippen molar-refractivity contribution < 1.29 is 14.3 Å². The van der Waals surface area contributed by atoms with E-state index >= 15 is 0 Å². The minimum absolute atomic E-state index is 0.0676. The molecule has 4 nitrogen and oxygen atoms in total. The van der Waals surface area contributed by atoms with Crippen molar-refractivity contribution in [1.29, 1.82) is 0 Å². The Bertz CT molecular complexity index is 485. The third kappa shape index (κ3) is 2.35. The molecule has 0 bridgehead atoms. The van der Waals surface area contributed by atoms with Crippen LogP contribution in [0, 0.1) is 5.92 Å². The number of amides is 1. The summed E-state index contributed by atoms with van der Waals surface area (Å²) in [4.78, 5) is 25.2. The smallest absolute Gasteiger partial charge is 0.410 e. The average molecular weight is 259 g/mol. The van der Waals surface area contributed by atoms with Crippen molar-refractivity contribution in [3.8, 4) is 0 Å². The minimum Gasteiger partial charge on any atom is -0.445 e. The SMILES string of the molecule is O=C1C[C@@H]2[C@H]1CCCN2C(=O)OCc1ccccc1. The predicted molar refractivity (Wildman–Crippen MR) is 69.5 cm³/mol. The molecular weight excluding hydrogens is 242 g/mol. The van der Waals surface area contributed by atoms with E-state index in [0.29, 0.717) is 25.4 Å². The number of hydrogen-bond acceptors (Lipinski definition) is 3. The number of ether oxygens (including phenoxy) is 1. The molecule has 1 aromatic rings. The molecule has 1 aliphatic heterocycles. The van der Waals surface area contributed by atoms with E-state index in [9.17, 15) is 9.59 Å². The third-order valence-corrected chi connectivity index (χ3v) is 4.04. The number of nitrogens with zero attached hydrogens (tertiary/aromatic N) is 1. The number of likely N-dealkylation sites (tertiary alicyclic amines) is 1. The second kappa shape index (κ2) is 5.03. The van der Waals surface area contributed by atoms with Crippen LogP contribution in [-0.4, -0.2) is 29.4 Å². The Balaban J connectivity index is 1.57. The second-order valence-corrected chi connectivity index (χ2v) is 5.22. The molecule has 1 heterocycles. The molecule has 1 aromatic carbocycles. The van der Waals surface area contributed by atoms with E-state index in [1.165, 1.54) is 0 Å². The average Bonchev–Trinajstić information content (AvgIpc) is 2.44. The lowest BCUT2D eigenvalue weighted by Gasteiger charge is -2.46. The standard InChI is InChI=1S/C15H17NO3/c17-14-9-13-12(14)7-4-8-16(13)15(18)19-10-11-5-2-1-3-6-11/h1-3,5-6,12-13H,4,7-10H2/t12-,13-/m1/s1. The fraction of sp³-hybridized carbons (Fsp3) is 0.467. The maximum Gasteiger partial charge on any atom is 0.410 e. The van der Waals surface area contributed by atoms with Crippen LogP contribution in [0.2, 0.25) is 0 Å². The fourth-order valence-corrected chi connectivity index (χ4v) is 2.91. The molecule has 1 amide bonds. The quantitative estimate of drug-likeness (QED) is 0.819. The van der Waals surface area contributed by atoms with Crippen molar-refractivity contribution >= 4 is 11.9 Å².